The van der Waals surface area contributed by atoms with Crippen LogP contribution in [0.4, 0.5) is 0 Å². The fourth-order valence-electron chi connectivity index (χ4n) is 1.67. The highest BCUT2D eigenvalue weighted by Crippen LogP contribution is 2.14. The van der Waals surface area contributed by atoms with Crippen molar-refractivity contribution in [1.29, 1.82) is 0 Å². The van der Waals surface area contributed by atoms with E-state index in [0.29, 0.717) is 0 Å². The lowest BCUT2D eigenvalue weighted by atomic mass is 10.1. The van der Waals surface area contributed by atoms with Crippen LogP contribution in [0.15, 0.2) is 30.6 Å². The van der Waals surface area contributed by atoms with Crippen LogP contribution in [-0.4, -0.2) is 15.2 Å². The molecular formula is C12H16N4. The molecule has 0 aliphatic rings. The first kappa shape index (κ1) is 10.8. The van der Waals surface area contributed by atoms with Gasteiger partial charge in [0.15, 0.2) is 0 Å². The van der Waals surface area contributed by atoms with Crippen molar-refractivity contribution in [1.82, 2.24) is 20.5 Å². The van der Waals surface area contributed by atoms with Gasteiger partial charge < -0.3 is 5.32 Å². The van der Waals surface area contributed by atoms with E-state index >= 15 is 0 Å². The molecule has 0 aromatic carbocycles. The van der Waals surface area contributed by atoms with Crippen molar-refractivity contribution in [3.63, 3.8) is 0 Å². The maximum Gasteiger partial charge on any atom is 0.0541 e. The molecule has 2 rings (SSSR count). The maximum atomic E-state index is 4.27. The number of nitrogens with one attached hydrogen (secondary N) is 2. The van der Waals surface area contributed by atoms with Crippen molar-refractivity contribution in [2.75, 3.05) is 0 Å². The number of hydrogen-bond donors (Lipinski definition) is 2. The van der Waals surface area contributed by atoms with Crippen LogP contribution in [0.3, 0.4) is 0 Å². The molecule has 2 aromatic rings. The van der Waals surface area contributed by atoms with Gasteiger partial charge in [-0.05, 0) is 26.0 Å². The van der Waals surface area contributed by atoms with Crippen molar-refractivity contribution >= 4 is 0 Å². The quantitative estimate of drug-likeness (QED) is 0.821. The van der Waals surface area contributed by atoms with Gasteiger partial charge in [0.25, 0.3) is 0 Å². The van der Waals surface area contributed by atoms with Gasteiger partial charge in [0.2, 0.25) is 0 Å². The van der Waals surface area contributed by atoms with E-state index < -0.39 is 0 Å². The zero-order valence-corrected chi connectivity index (χ0v) is 9.57. The minimum atomic E-state index is 0.278. The summed E-state index contributed by atoms with van der Waals surface area (Å²) in [7, 11) is 0. The van der Waals surface area contributed by atoms with Gasteiger partial charge in [-0.2, -0.15) is 5.10 Å². The Kier molecular flexibility index (Phi) is 3.31. The summed E-state index contributed by atoms with van der Waals surface area (Å²) in [4.78, 5) is 4.27. The Hall–Kier alpha value is -1.68. The highest BCUT2D eigenvalue weighted by Gasteiger charge is 2.09. The van der Waals surface area contributed by atoms with E-state index in [1.807, 2.05) is 37.5 Å². The zero-order valence-electron chi connectivity index (χ0n) is 9.57. The SMILES string of the molecule is Cc1[nH]ncc1C(C)NCc1ccccn1. The van der Waals surface area contributed by atoms with E-state index in [0.717, 1.165) is 17.9 Å². The summed E-state index contributed by atoms with van der Waals surface area (Å²) in [6.45, 7) is 4.93. The normalized spacial score (nSPS) is 12.6. The molecule has 1 unspecified atom stereocenters. The summed E-state index contributed by atoms with van der Waals surface area (Å²) in [5.41, 5.74) is 3.37. The summed E-state index contributed by atoms with van der Waals surface area (Å²) < 4.78 is 0. The molecule has 0 aliphatic heterocycles. The molecule has 2 N–H and O–H groups in total. The van der Waals surface area contributed by atoms with E-state index in [1.165, 1.54) is 5.56 Å². The molecule has 4 heteroatoms. The number of hydrogen-bond acceptors (Lipinski definition) is 3. The standard InChI is InChI=1S/C12H16N4/c1-9(12-8-15-16-10(12)2)14-7-11-5-3-4-6-13-11/h3-6,8-9,14H,7H2,1-2H3,(H,15,16). The van der Waals surface area contributed by atoms with Crippen LogP contribution in [0.5, 0.6) is 0 Å². The van der Waals surface area contributed by atoms with Gasteiger partial charge in [0, 0.05) is 30.0 Å². The molecule has 4 nitrogen and oxygen atoms in total. The summed E-state index contributed by atoms with van der Waals surface area (Å²) in [5.74, 6) is 0. The lowest BCUT2D eigenvalue weighted by Crippen LogP contribution is -2.18. The summed E-state index contributed by atoms with van der Waals surface area (Å²) in [6.07, 6.45) is 3.68. The van der Waals surface area contributed by atoms with Gasteiger partial charge in [0.05, 0.1) is 11.9 Å². The van der Waals surface area contributed by atoms with Crippen LogP contribution in [0.1, 0.15) is 29.9 Å². The van der Waals surface area contributed by atoms with Gasteiger partial charge in [-0.15, -0.1) is 0 Å². The van der Waals surface area contributed by atoms with Crippen LogP contribution in [0.2, 0.25) is 0 Å². The predicted molar refractivity (Wildman–Crippen MR) is 62.8 cm³/mol. The maximum absolute atomic E-state index is 4.27. The molecule has 0 saturated carbocycles. The van der Waals surface area contributed by atoms with Gasteiger partial charge in [0.1, 0.15) is 0 Å². The average molecular weight is 216 g/mol. The molecule has 2 heterocycles. The fourth-order valence-corrected chi connectivity index (χ4v) is 1.67. The molecular weight excluding hydrogens is 200 g/mol. The van der Waals surface area contributed by atoms with Gasteiger partial charge in [-0.1, -0.05) is 6.07 Å². The Morgan fingerprint density at radius 3 is 2.94 bits per heavy atom. The monoisotopic (exact) mass is 216 g/mol. The summed E-state index contributed by atoms with van der Waals surface area (Å²) in [6, 6.07) is 6.22. The smallest absolute Gasteiger partial charge is 0.0541 e. The molecule has 0 bridgehead atoms. The fraction of sp³-hybridized carbons (Fsp3) is 0.333. The molecule has 84 valence electrons. The minimum absolute atomic E-state index is 0.278. The Bertz CT molecular complexity index is 435. The van der Waals surface area contributed by atoms with E-state index in [2.05, 4.69) is 27.4 Å². The van der Waals surface area contributed by atoms with E-state index in [-0.39, 0.29) is 6.04 Å². The number of H-pyrrole nitrogens is 1. The highest BCUT2D eigenvalue weighted by atomic mass is 15.1. The molecule has 2 aromatic heterocycles. The summed E-state index contributed by atoms with van der Waals surface area (Å²) in [5, 5.41) is 10.4. The Labute approximate surface area is 95.1 Å². The minimum Gasteiger partial charge on any atom is -0.304 e. The van der Waals surface area contributed by atoms with Crippen molar-refractivity contribution in [3.05, 3.63) is 47.5 Å². The molecule has 0 aliphatic carbocycles. The van der Waals surface area contributed by atoms with Crippen LogP contribution < -0.4 is 5.32 Å². The predicted octanol–water partition coefficient (Wildman–Crippen LogP) is 1.96. The average Bonchev–Trinajstić information content (AvgIpc) is 2.74. The van der Waals surface area contributed by atoms with Crippen molar-refractivity contribution in [2.45, 2.75) is 26.4 Å². The third-order valence-corrected chi connectivity index (χ3v) is 2.65. The number of rotatable bonds is 4. The van der Waals surface area contributed by atoms with Crippen LogP contribution in [0, 0.1) is 6.92 Å². The number of pyridine rings is 1. The first-order chi connectivity index (χ1) is 7.77. The van der Waals surface area contributed by atoms with Gasteiger partial charge in [-0.25, -0.2) is 0 Å². The molecule has 0 amide bonds. The summed E-state index contributed by atoms with van der Waals surface area (Å²) >= 11 is 0. The van der Waals surface area contributed by atoms with Crippen LogP contribution in [-0.2, 0) is 6.54 Å². The second-order valence-corrected chi connectivity index (χ2v) is 3.87. The lowest BCUT2D eigenvalue weighted by Gasteiger charge is -2.12. The first-order valence-corrected chi connectivity index (χ1v) is 5.40. The van der Waals surface area contributed by atoms with Crippen molar-refractivity contribution in [3.8, 4) is 0 Å². The van der Waals surface area contributed by atoms with Crippen molar-refractivity contribution < 1.29 is 0 Å². The highest BCUT2D eigenvalue weighted by molar-refractivity contribution is 5.18. The number of aryl methyl sites for hydroxylation is 1. The van der Waals surface area contributed by atoms with E-state index in [1.54, 1.807) is 0 Å². The molecule has 0 fully saturated rings. The van der Waals surface area contributed by atoms with Gasteiger partial charge >= 0.3 is 0 Å². The lowest BCUT2D eigenvalue weighted by molar-refractivity contribution is 0.565. The largest absolute Gasteiger partial charge is 0.304 e. The molecule has 0 radical (unpaired) electrons. The first-order valence-electron chi connectivity index (χ1n) is 5.40. The zero-order chi connectivity index (χ0) is 11.4. The van der Waals surface area contributed by atoms with Crippen molar-refractivity contribution in [2.24, 2.45) is 0 Å². The second-order valence-electron chi connectivity index (χ2n) is 3.87. The Morgan fingerprint density at radius 1 is 1.44 bits per heavy atom. The number of aromatic nitrogens is 3. The Morgan fingerprint density at radius 2 is 2.31 bits per heavy atom. The van der Waals surface area contributed by atoms with Crippen LogP contribution in [0.25, 0.3) is 0 Å². The third-order valence-electron chi connectivity index (χ3n) is 2.65. The van der Waals surface area contributed by atoms with E-state index in [9.17, 15) is 0 Å². The topological polar surface area (TPSA) is 53.6 Å². The molecule has 1 atom stereocenters. The molecule has 0 saturated heterocycles. The number of nitrogens with zero attached hydrogens (tertiary/aromatic N) is 2. The molecule has 0 spiro atoms. The third kappa shape index (κ3) is 2.46. The number of aromatic amines is 1. The van der Waals surface area contributed by atoms with E-state index in [4.69, 9.17) is 0 Å². The van der Waals surface area contributed by atoms with Crippen LogP contribution >= 0.6 is 0 Å². The van der Waals surface area contributed by atoms with Gasteiger partial charge in [-0.3, -0.25) is 10.1 Å². The second kappa shape index (κ2) is 4.90. The Balaban J connectivity index is 1.94. The molecule has 16 heavy (non-hydrogen) atoms.